The Morgan fingerprint density at radius 3 is 2.94 bits per heavy atom. The van der Waals surface area contributed by atoms with Gasteiger partial charge in [-0.15, -0.1) is 11.3 Å². The molecule has 1 N–H and O–H groups in total. The van der Waals surface area contributed by atoms with E-state index in [2.05, 4.69) is 29.0 Å². The molecule has 2 unspecified atom stereocenters. The SMILES string of the molecule is CCC1CN(c2nc(Cl)cs2)C(CC)CN1. The molecule has 2 rings (SSSR count). The van der Waals surface area contributed by atoms with Crippen molar-refractivity contribution in [2.45, 2.75) is 38.8 Å². The normalized spacial score (nSPS) is 26.1. The molecule has 1 fully saturated rings. The summed E-state index contributed by atoms with van der Waals surface area (Å²) in [5.74, 6) is 0. The molecule has 1 aliphatic rings. The quantitative estimate of drug-likeness (QED) is 0.905. The largest absolute Gasteiger partial charge is 0.342 e. The summed E-state index contributed by atoms with van der Waals surface area (Å²) in [6, 6.07) is 1.12. The zero-order chi connectivity index (χ0) is 11.5. The van der Waals surface area contributed by atoms with Crippen LogP contribution in [0, 0.1) is 0 Å². The van der Waals surface area contributed by atoms with Gasteiger partial charge in [0.2, 0.25) is 0 Å². The third-order valence-electron chi connectivity index (χ3n) is 3.17. The van der Waals surface area contributed by atoms with E-state index in [-0.39, 0.29) is 0 Å². The summed E-state index contributed by atoms with van der Waals surface area (Å²) in [7, 11) is 0. The van der Waals surface area contributed by atoms with Gasteiger partial charge in [-0.2, -0.15) is 0 Å². The minimum Gasteiger partial charge on any atom is -0.342 e. The summed E-state index contributed by atoms with van der Waals surface area (Å²) in [5, 5.41) is 7.17. The van der Waals surface area contributed by atoms with Crippen molar-refractivity contribution in [3.8, 4) is 0 Å². The van der Waals surface area contributed by atoms with Crippen molar-refractivity contribution >= 4 is 28.1 Å². The maximum atomic E-state index is 5.90. The van der Waals surface area contributed by atoms with Crippen LogP contribution in [0.1, 0.15) is 26.7 Å². The van der Waals surface area contributed by atoms with E-state index in [4.69, 9.17) is 11.6 Å². The molecule has 0 amide bonds. The first-order chi connectivity index (χ1) is 7.74. The van der Waals surface area contributed by atoms with Crippen LogP contribution < -0.4 is 10.2 Å². The van der Waals surface area contributed by atoms with Crippen molar-refractivity contribution in [2.24, 2.45) is 0 Å². The summed E-state index contributed by atoms with van der Waals surface area (Å²) in [5.41, 5.74) is 0. The Bertz CT molecular complexity index is 342. The van der Waals surface area contributed by atoms with Crippen LogP contribution in [0.5, 0.6) is 0 Å². The summed E-state index contributed by atoms with van der Waals surface area (Å²) in [6.45, 7) is 6.53. The number of hydrogen-bond acceptors (Lipinski definition) is 4. The van der Waals surface area contributed by atoms with Gasteiger partial charge in [0, 0.05) is 30.6 Å². The minimum atomic E-state index is 0.546. The highest BCUT2D eigenvalue weighted by molar-refractivity contribution is 7.14. The van der Waals surface area contributed by atoms with Crippen molar-refractivity contribution in [1.82, 2.24) is 10.3 Å². The van der Waals surface area contributed by atoms with Gasteiger partial charge in [0.15, 0.2) is 5.13 Å². The van der Waals surface area contributed by atoms with Crippen LogP contribution in [-0.2, 0) is 0 Å². The van der Waals surface area contributed by atoms with Gasteiger partial charge in [0.25, 0.3) is 0 Å². The molecule has 1 aromatic rings. The van der Waals surface area contributed by atoms with E-state index in [0.29, 0.717) is 17.2 Å². The number of nitrogens with one attached hydrogen (secondary N) is 1. The minimum absolute atomic E-state index is 0.546. The summed E-state index contributed by atoms with van der Waals surface area (Å²) < 4.78 is 0. The van der Waals surface area contributed by atoms with E-state index in [1.165, 1.54) is 0 Å². The first-order valence-electron chi connectivity index (χ1n) is 5.85. The molecule has 0 aromatic carbocycles. The lowest BCUT2D eigenvalue weighted by Crippen LogP contribution is -2.56. The van der Waals surface area contributed by atoms with E-state index < -0.39 is 0 Å². The lowest BCUT2D eigenvalue weighted by atomic mass is 10.1. The number of halogens is 1. The molecule has 90 valence electrons. The fraction of sp³-hybridized carbons (Fsp3) is 0.727. The fourth-order valence-corrected chi connectivity index (χ4v) is 3.14. The fourth-order valence-electron chi connectivity index (χ4n) is 2.11. The van der Waals surface area contributed by atoms with Crippen LogP contribution in [0.3, 0.4) is 0 Å². The molecule has 3 nitrogen and oxygen atoms in total. The average molecular weight is 260 g/mol. The third kappa shape index (κ3) is 2.50. The molecule has 0 aliphatic carbocycles. The maximum Gasteiger partial charge on any atom is 0.187 e. The monoisotopic (exact) mass is 259 g/mol. The standard InChI is InChI=1S/C11H18ClN3S/c1-3-8-6-15(9(4-2)5-13-8)11-14-10(12)7-16-11/h7-9,13H,3-6H2,1-2H3. The average Bonchev–Trinajstić information content (AvgIpc) is 2.75. The topological polar surface area (TPSA) is 28.2 Å². The lowest BCUT2D eigenvalue weighted by Gasteiger charge is -2.39. The number of thiazole rings is 1. The Morgan fingerprint density at radius 2 is 2.38 bits per heavy atom. The first-order valence-corrected chi connectivity index (χ1v) is 7.11. The summed E-state index contributed by atoms with van der Waals surface area (Å²) in [6.07, 6.45) is 2.30. The van der Waals surface area contributed by atoms with Gasteiger partial charge >= 0.3 is 0 Å². The summed E-state index contributed by atoms with van der Waals surface area (Å²) >= 11 is 7.54. The predicted molar refractivity (Wildman–Crippen MR) is 70.6 cm³/mol. The highest BCUT2D eigenvalue weighted by atomic mass is 35.5. The molecule has 1 aromatic heterocycles. The number of nitrogens with zero attached hydrogens (tertiary/aromatic N) is 2. The van der Waals surface area contributed by atoms with E-state index in [0.717, 1.165) is 31.1 Å². The van der Waals surface area contributed by atoms with Crippen molar-refractivity contribution < 1.29 is 0 Å². The Morgan fingerprint density at radius 1 is 1.56 bits per heavy atom. The van der Waals surface area contributed by atoms with Crippen molar-refractivity contribution in [2.75, 3.05) is 18.0 Å². The zero-order valence-corrected chi connectivity index (χ0v) is 11.3. The molecule has 5 heteroatoms. The van der Waals surface area contributed by atoms with E-state index in [9.17, 15) is 0 Å². The second kappa shape index (κ2) is 5.34. The molecule has 1 aliphatic heterocycles. The molecule has 0 spiro atoms. The first kappa shape index (κ1) is 12.1. The zero-order valence-electron chi connectivity index (χ0n) is 9.74. The summed E-state index contributed by atoms with van der Waals surface area (Å²) in [4.78, 5) is 6.79. The smallest absolute Gasteiger partial charge is 0.187 e. The van der Waals surface area contributed by atoms with Gasteiger partial charge in [-0.25, -0.2) is 4.98 Å². The van der Waals surface area contributed by atoms with E-state index >= 15 is 0 Å². The van der Waals surface area contributed by atoms with Crippen molar-refractivity contribution in [3.05, 3.63) is 10.5 Å². The molecular formula is C11H18ClN3S. The van der Waals surface area contributed by atoms with Crippen LogP contribution in [0.15, 0.2) is 5.38 Å². The van der Waals surface area contributed by atoms with Gasteiger partial charge in [0.05, 0.1) is 0 Å². The molecule has 0 saturated carbocycles. The molecule has 0 bridgehead atoms. The van der Waals surface area contributed by atoms with E-state index in [1.54, 1.807) is 11.3 Å². The lowest BCUT2D eigenvalue weighted by molar-refractivity contribution is 0.378. The van der Waals surface area contributed by atoms with Gasteiger partial charge < -0.3 is 10.2 Å². The molecule has 1 saturated heterocycles. The Labute approximate surface area is 106 Å². The number of aromatic nitrogens is 1. The number of anilines is 1. The highest BCUT2D eigenvalue weighted by Gasteiger charge is 2.27. The highest BCUT2D eigenvalue weighted by Crippen LogP contribution is 2.27. The van der Waals surface area contributed by atoms with Crippen LogP contribution in [0.4, 0.5) is 5.13 Å². The third-order valence-corrected chi connectivity index (χ3v) is 4.37. The van der Waals surface area contributed by atoms with Gasteiger partial charge in [0.1, 0.15) is 5.15 Å². The second-order valence-electron chi connectivity index (χ2n) is 4.18. The number of piperazine rings is 1. The maximum absolute atomic E-state index is 5.90. The Balaban J connectivity index is 2.14. The molecule has 2 atom stereocenters. The number of hydrogen-bond donors (Lipinski definition) is 1. The molecule has 16 heavy (non-hydrogen) atoms. The predicted octanol–water partition coefficient (Wildman–Crippen LogP) is 2.76. The van der Waals surface area contributed by atoms with Crippen LogP contribution in [0.2, 0.25) is 5.15 Å². The van der Waals surface area contributed by atoms with Crippen LogP contribution in [0.25, 0.3) is 0 Å². The van der Waals surface area contributed by atoms with Crippen molar-refractivity contribution in [3.63, 3.8) is 0 Å². The van der Waals surface area contributed by atoms with Crippen LogP contribution >= 0.6 is 22.9 Å². The van der Waals surface area contributed by atoms with Crippen LogP contribution in [-0.4, -0.2) is 30.2 Å². The molecule has 2 heterocycles. The van der Waals surface area contributed by atoms with Gasteiger partial charge in [-0.3, -0.25) is 0 Å². The molecule has 0 radical (unpaired) electrons. The Hall–Kier alpha value is -0.320. The molecular weight excluding hydrogens is 242 g/mol. The van der Waals surface area contributed by atoms with E-state index in [1.807, 2.05) is 5.38 Å². The Kier molecular flexibility index (Phi) is 4.05. The second-order valence-corrected chi connectivity index (χ2v) is 5.40. The number of rotatable bonds is 3. The van der Waals surface area contributed by atoms with Gasteiger partial charge in [-0.05, 0) is 12.8 Å². The van der Waals surface area contributed by atoms with Gasteiger partial charge in [-0.1, -0.05) is 25.4 Å². The van der Waals surface area contributed by atoms with Crippen molar-refractivity contribution in [1.29, 1.82) is 0 Å².